The monoisotopic (exact) mass is 234 g/mol. The number of hydrogen-bond donors (Lipinski definition) is 0. The van der Waals surface area contributed by atoms with E-state index in [4.69, 9.17) is 9.47 Å². The molecular weight excluding hydrogens is 216 g/mol. The first kappa shape index (κ1) is 12.0. The number of benzene rings is 1. The third kappa shape index (κ3) is 1.90. The minimum absolute atomic E-state index is 0.0269. The molecule has 3 heteroatoms. The molecule has 1 aliphatic carbocycles. The molecule has 0 spiro atoms. The van der Waals surface area contributed by atoms with Crippen molar-refractivity contribution in [1.29, 1.82) is 0 Å². The van der Waals surface area contributed by atoms with E-state index in [9.17, 15) is 4.79 Å². The fourth-order valence-electron chi connectivity index (χ4n) is 2.47. The molecule has 3 nitrogen and oxygen atoms in total. The van der Waals surface area contributed by atoms with Crippen molar-refractivity contribution < 1.29 is 14.3 Å². The minimum atomic E-state index is -0.0269. The average Bonchev–Trinajstić information content (AvgIpc) is 2.32. The lowest BCUT2D eigenvalue weighted by Gasteiger charge is -2.33. The Labute approximate surface area is 102 Å². The zero-order valence-corrected chi connectivity index (χ0v) is 10.8. The van der Waals surface area contributed by atoms with E-state index in [-0.39, 0.29) is 11.2 Å². The molecule has 92 valence electrons. The molecule has 1 aliphatic rings. The summed E-state index contributed by atoms with van der Waals surface area (Å²) in [6, 6.07) is 3.67. The van der Waals surface area contributed by atoms with E-state index in [0.29, 0.717) is 12.2 Å². The fraction of sp³-hybridized carbons (Fsp3) is 0.500. The van der Waals surface area contributed by atoms with Crippen molar-refractivity contribution in [1.82, 2.24) is 0 Å². The number of rotatable bonds is 2. The molecule has 0 saturated carbocycles. The van der Waals surface area contributed by atoms with Crippen molar-refractivity contribution >= 4 is 5.78 Å². The van der Waals surface area contributed by atoms with Crippen molar-refractivity contribution in [3.63, 3.8) is 0 Å². The summed E-state index contributed by atoms with van der Waals surface area (Å²) in [7, 11) is 3.23. The van der Waals surface area contributed by atoms with Crippen LogP contribution in [0.4, 0.5) is 0 Å². The summed E-state index contributed by atoms with van der Waals surface area (Å²) in [5.74, 6) is 1.60. The third-order valence-corrected chi connectivity index (χ3v) is 3.49. The second-order valence-electron chi connectivity index (χ2n) is 5.06. The van der Waals surface area contributed by atoms with Crippen LogP contribution in [0.5, 0.6) is 11.5 Å². The van der Waals surface area contributed by atoms with Crippen LogP contribution in [0.25, 0.3) is 0 Å². The Balaban J connectivity index is 2.70. The number of ketones is 1. The van der Waals surface area contributed by atoms with E-state index in [1.807, 2.05) is 12.1 Å². The number of fused-ring (bicyclic) bond motifs is 1. The molecule has 1 aromatic rings. The Morgan fingerprint density at radius 3 is 2.47 bits per heavy atom. The molecule has 0 N–H and O–H groups in total. The van der Waals surface area contributed by atoms with Gasteiger partial charge in [-0.2, -0.15) is 0 Å². The number of methoxy groups -OCH3 is 2. The van der Waals surface area contributed by atoms with Gasteiger partial charge in [0.25, 0.3) is 0 Å². The van der Waals surface area contributed by atoms with Crippen molar-refractivity contribution in [2.75, 3.05) is 14.2 Å². The van der Waals surface area contributed by atoms with Crippen molar-refractivity contribution in [3.05, 3.63) is 23.3 Å². The van der Waals surface area contributed by atoms with Crippen LogP contribution in [-0.4, -0.2) is 20.0 Å². The van der Waals surface area contributed by atoms with E-state index in [2.05, 4.69) is 13.8 Å². The molecule has 0 saturated heterocycles. The van der Waals surface area contributed by atoms with Crippen LogP contribution in [-0.2, 0) is 5.41 Å². The van der Waals surface area contributed by atoms with Crippen LogP contribution in [0.15, 0.2) is 12.1 Å². The topological polar surface area (TPSA) is 35.5 Å². The zero-order valence-electron chi connectivity index (χ0n) is 10.8. The van der Waals surface area contributed by atoms with Crippen LogP contribution in [0, 0.1) is 0 Å². The predicted octanol–water partition coefficient (Wildman–Crippen LogP) is 2.96. The lowest BCUT2D eigenvalue weighted by atomic mass is 9.72. The molecule has 0 unspecified atom stereocenters. The molecule has 0 aromatic heterocycles. The third-order valence-electron chi connectivity index (χ3n) is 3.49. The van der Waals surface area contributed by atoms with Crippen LogP contribution in [0.3, 0.4) is 0 Å². The lowest BCUT2D eigenvalue weighted by Crippen LogP contribution is -2.28. The molecule has 0 atom stereocenters. The van der Waals surface area contributed by atoms with E-state index in [0.717, 1.165) is 23.3 Å². The highest BCUT2D eigenvalue weighted by molar-refractivity contribution is 6.00. The maximum absolute atomic E-state index is 12.0. The molecule has 0 aliphatic heterocycles. The fourth-order valence-corrected chi connectivity index (χ4v) is 2.47. The predicted molar refractivity (Wildman–Crippen MR) is 66.1 cm³/mol. The van der Waals surface area contributed by atoms with Gasteiger partial charge in [-0.25, -0.2) is 0 Å². The highest BCUT2D eigenvalue weighted by Crippen LogP contribution is 2.43. The van der Waals surface area contributed by atoms with Gasteiger partial charge in [-0.05, 0) is 17.9 Å². The van der Waals surface area contributed by atoms with Gasteiger partial charge in [-0.1, -0.05) is 13.8 Å². The van der Waals surface area contributed by atoms with Gasteiger partial charge in [0.05, 0.1) is 14.2 Å². The zero-order chi connectivity index (χ0) is 12.6. The molecule has 0 radical (unpaired) electrons. The molecule has 0 heterocycles. The first-order chi connectivity index (χ1) is 7.99. The van der Waals surface area contributed by atoms with Crippen LogP contribution >= 0.6 is 0 Å². The number of carbonyl (C=O) groups excluding carboxylic acids is 1. The van der Waals surface area contributed by atoms with Gasteiger partial charge in [0.1, 0.15) is 11.5 Å². The number of hydrogen-bond acceptors (Lipinski definition) is 3. The normalized spacial score (nSPS) is 17.5. The summed E-state index contributed by atoms with van der Waals surface area (Å²) in [6.07, 6.45) is 1.46. The van der Waals surface area contributed by atoms with Gasteiger partial charge in [-0.3, -0.25) is 4.79 Å². The SMILES string of the molecule is COc1cc(OC)c2c(c1)C(=O)CCC2(C)C. The minimum Gasteiger partial charge on any atom is -0.497 e. The Hall–Kier alpha value is -1.51. The van der Waals surface area contributed by atoms with Gasteiger partial charge in [0.2, 0.25) is 0 Å². The van der Waals surface area contributed by atoms with Gasteiger partial charge in [-0.15, -0.1) is 0 Å². The maximum atomic E-state index is 12.0. The van der Waals surface area contributed by atoms with Crippen LogP contribution in [0.1, 0.15) is 42.6 Å². The highest BCUT2D eigenvalue weighted by atomic mass is 16.5. The summed E-state index contributed by atoms with van der Waals surface area (Å²) < 4.78 is 10.6. The van der Waals surface area contributed by atoms with Gasteiger partial charge in [0.15, 0.2) is 5.78 Å². The van der Waals surface area contributed by atoms with Crippen molar-refractivity contribution in [3.8, 4) is 11.5 Å². The molecule has 0 bridgehead atoms. The number of ether oxygens (including phenoxy) is 2. The molecule has 17 heavy (non-hydrogen) atoms. The highest BCUT2D eigenvalue weighted by Gasteiger charge is 2.35. The Morgan fingerprint density at radius 1 is 1.18 bits per heavy atom. The van der Waals surface area contributed by atoms with E-state index in [1.165, 1.54) is 0 Å². The summed E-state index contributed by atoms with van der Waals surface area (Å²) in [6.45, 7) is 4.29. The Kier molecular flexibility index (Phi) is 2.86. The van der Waals surface area contributed by atoms with Crippen LogP contribution in [0.2, 0.25) is 0 Å². The second kappa shape index (κ2) is 4.06. The summed E-state index contributed by atoms with van der Waals surface area (Å²) in [4.78, 5) is 12.0. The molecule has 0 fully saturated rings. The molecule has 2 rings (SSSR count). The Morgan fingerprint density at radius 2 is 1.88 bits per heavy atom. The number of carbonyl (C=O) groups is 1. The largest absolute Gasteiger partial charge is 0.497 e. The van der Waals surface area contributed by atoms with Gasteiger partial charge >= 0.3 is 0 Å². The Bertz CT molecular complexity index is 461. The van der Waals surface area contributed by atoms with Crippen LogP contribution < -0.4 is 9.47 Å². The van der Waals surface area contributed by atoms with E-state index >= 15 is 0 Å². The lowest BCUT2D eigenvalue weighted by molar-refractivity contribution is 0.0954. The summed E-state index contributed by atoms with van der Waals surface area (Å²) in [5, 5.41) is 0. The van der Waals surface area contributed by atoms with E-state index in [1.54, 1.807) is 14.2 Å². The standard InChI is InChI=1S/C14H18O3/c1-14(2)6-5-11(15)10-7-9(16-3)8-12(17-4)13(10)14/h7-8H,5-6H2,1-4H3. The molecular formula is C14H18O3. The first-order valence-electron chi connectivity index (χ1n) is 5.79. The molecule has 0 amide bonds. The smallest absolute Gasteiger partial charge is 0.163 e. The van der Waals surface area contributed by atoms with Gasteiger partial charge < -0.3 is 9.47 Å². The maximum Gasteiger partial charge on any atom is 0.163 e. The quantitative estimate of drug-likeness (QED) is 0.789. The summed E-state index contributed by atoms with van der Waals surface area (Å²) in [5.41, 5.74) is 1.73. The number of Topliss-reactive ketones (excluding diaryl/α,β-unsaturated/α-hetero) is 1. The second-order valence-corrected chi connectivity index (χ2v) is 5.06. The molecule has 1 aromatic carbocycles. The van der Waals surface area contributed by atoms with E-state index < -0.39 is 0 Å². The van der Waals surface area contributed by atoms with Gasteiger partial charge in [0, 0.05) is 23.6 Å². The first-order valence-corrected chi connectivity index (χ1v) is 5.79. The van der Waals surface area contributed by atoms with Crippen molar-refractivity contribution in [2.45, 2.75) is 32.1 Å². The average molecular weight is 234 g/mol. The summed E-state index contributed by atoms with van der Waals surface area (Å²) >= 11 is 0. The van der Waals surface area contributed by atoms with Crippen molar-refractivity contribution in [2.24, 2.45) is 0 Å².